The summed E-state index contributed by atoms with van der Waals surface area (Å²) in [6.07, 6.45) is -0.680. The zero-order valence-electron chi connectivity index (χ0n) is 13.4. The van der Waals surface area contributed by atoms with Gasteiger partial charge in [0.05, 0.1) is 0 Å². The second-order valence-electron chi connectivity index (χ2n) is 5.99. The van der Waals surface area contributed by atoms with Crippen molar-refractivity contribution in [3.05, 3.63) is 46.7 Å². The lowest BCUT2D eigenvalue weighted by Crippen LogP contribution is -2.27. The normalized spacial score (nSPS) is 11.0. The lowest BCUT2D eigenvalue weighted by atomic mass is 10.2. The Labute approximate surface area is 147 Å². The minimum Gasteiger partial charge on any atom is -0.504 e. The van der Waals surface area contributed by atoms with Crippen LogP contribution in [0.5, 0.6) is 17.2 Å². The van der Waals surface area contributed by atoms with Crippen molar-refractivity contribution in [2.75, 3.05) is 5.32 Å². The van der Waals surface area contributed by atoms with Crippen LogP contribution in [-0.4, -0.2) is 16.8 Å². The van der Waals surface area contributed by atoms with Crippen molar-refractivity contribution in [2.24, 2.45) is 0 Å². The highest BCUT2D eigenvalue weighted by atomic mass is 79.9. The fraction of sp³-hybridized carbons (Fsp3) is 0.235. The van der Waals surface area contributed by atoms with Gasteiger partial charge in [0, 0.05) is 16.2 Å². The SMILES string of the molecule is CC(C)(C)OC(=O)Nc1ccc(Oc2ccc(Br)cc2O)c(F)c1. The van der Waals surface area contributed by atoms with Gasteiger partial charge in [0.1, 0.15) is 5.60 Å². The molecule has 0 fully saturated rings. The molecule has 0 aliphatic rings. The summed E-state index contributed by atoms with van der Waals surface area (Å²) < 4.78 is 25.2. The summed E-state index contributed by atoms with van der Waals surface area (Å²) in [5.41, 5.74) is -0.417. The molecular formula is C17H17BrFNO4. The van der Waals surface area contributed by atoms with Crippen LogP contribution in [0.4, 0.5) is 14.9 Å². The Hall–Kier alpha value is -2.28. The van der Waals surface area contributed by atoms with Crippen molar-refractivity contribution >= 4 is 27.7 Å². The van der Waals surface area contributed by atoms with Crippen LogP contribution in [0, 0.1) is 5.82 Å². The van der Waals surface area contributed by atoms with Crippen LogP contribution in [0.3, 0.4) is 0 Å². The van der Waals surface area contributed by atoms with Gasteiger partial charge in [0.15, 0.2) is 23.1 Å². The number of aromatic hydroxyl groups is 1. The van der Waals surface area contributed by atoms with Crippen LogP contribution < -0.4 is 10.1 Å². The Bertz CT molecular complexity index is 759. The summed E-state index contributed by atoms with van der Waals surface area (Å²) in [5.74, 6) is -0.780. The maximum Gasteiger partial charge on any atom is 0.412 e. The zero-order valence-corrected chi connectivity index (χ0v) is 15.0. The molecule has 24 heavy (non-hydrogen) atoms. The second kappa shape index (κ2) is 7.09. The zero-order chi connectivity index (χ0) is 17.9. The number of anilines is 1. The maximum absolute atomic E-state index is 14.1. The minimum absolute atomic E-state index is 0.0811. The van der Waals surface area contributed by atoms with E-state index in [1.54, 1.807) is 26.8 Å². The van der Waals surface area contributed by atoms with Gasteiger partial charge >= 0.3 is 6.09 Å². The molecule has 2 aromatic carbocycles. The molecule has 0 aromatic heterocycles. The van der Waals surface area contributed by atoms with Crippen molar-refractivity contribution in [1.82, 2.24) is 0 Å². The van der Waals surface area contributed by atoms with E-state index in [-0.39, 0.29) is 22.9 Å². The van der Waals surface area contributed by atoms with Crippen molar-refractivity contribution in [3.8, 4) is 17.2 Å². The summed E-state index contributed by atoms with van der Waals surface area (Å²) in [5, 5.41) is 12.2. The minimum atomic E-state index is -0.689. The number of amides is 1. The number of hydrogen-bond acceptors (Lipinski definition) is 4. The van der Waals surface area contributed by atoms with Gasteiger partial charge in [-0.1, -0.05) is 15.9 Å². The van der Waals surface area contributed by atoms with E-state index in [9.17, 15) is 14.3 Å². The lowest BCUT2D eigenvalue weighted by Gasteiger charge is -2.19. The average molecular weight is 398 g/mol. The molecule has 0 saturated carbocycles. The number of phenolic OH excluding ortho intramolecular Hbond substituents is 1. The van der Waals surface area contributed by atoms with Crippen molar-refractivity contribution in [3.63, 3.8) is 0 Å². The van der Waals surface area contributed by atoms with Crippen molar-refractivity contribution < 1.29 is 23.8 Å². The van der Waals surface area contributed by atoms with Crippen LogP contribution >= 0.6 is 15.9 Å². The van der Waals surface area contributed by atoms with Crippen molar-refractivity contribution in [2.45, 2.75) is 26.4 Å². The Morgan fingerprint density at radius 3 is 2.42 bits per heavy atom. The molecule has 128 valence electrons. The third-order valence-corrected chi connectivity index (χ3v) is 3.21. The number of halogens is 2. The number of rotatable bonds is 3. The van der Waals surface area contributed by atoms with Crippen LogP contribution in [-0.2, 0) is 4.74 Å². The van der Waals surface area contributed by atoms with Gasteiger partial charge in [-0.15, -0.1) is 0 Å². The highest BCUT2D eigenvalue weighted by molar-refractivity contribution is 9.10. The molecule has 2 aromatic rings. The Kier molecular flexibility index (Phi) is 5.33. The molecule has 0 spiro atoms. The molecule has 0 heterocycles. The van der Waals surface area contributed by atoms with E-state index >= 15 is 0 Å². The number of carbonyl (C=O) groups is 1. The first kappa shape index (κ1) is 18.1. The lowest BCUT2D eigenvalue weighted by molar-refractivity contribution is 0.0636. The first-order chi connectivity index (χ1) is 11.1. The van der Waals surface area contributed by atoms with Crippen LogP contribution in [0.1, 0.15) is 20.8 Å². The van der Waals surface area contributed by atoms with E-state index in [2.05, 4.69) is 21.2 Å². The summed E-state index contributed by atoms with van der Waals surface area (Å²) in [7, 11) is 0. The molecule has 0 aliphatic carbocycles. The molecular weight excluding hydrogens is 381 g/mol. The molecule has 7 heteroatoms. The number of ether oxygens (including phenoxy) is 2. The summed E-state index contributed by atoms with van der Waals surface area (Å²) in [6, 6.07) is 8.53. The number of hydrogen-bond donors (Lipinski definition) is 2. The van der Waals surface area contributed by atoms with Crippen LogP contribution in [0.15, 0.2) is 40.9 Å². The van der Waals surface area contributed by atoms with Gasteiger partial charge in [-0.05, 0) is 51.1 Å². The number of benzene rings is 2. The van der Waals surface area contributed by atoms with E-state index in [1.807, 2.05) is 0 Å². The predicted molar refractivity (Wildman–Crippen MR) is 92.1 cm³/mol. The molecule has 2 rings (SSSR count). The molecule has 0 unspecified atom stereocenters. The molecule has 0 bridgehead atoms. The highest BCUT2D eigenvalue weighted by Gasteiger charge is 2.17. The number of nitrogens with one attached hydrogen (secondary N) is 1. The highest BCUT2D eigenvalue weighted by Crippen LogP contribution is 2.34. The van der Waals surface area contributed by atoms with Gasteiger partial charge in [0.25, 0.3) is 0 Å². The van der Waals surface area contributed by atoms with Crippen LogP contribution in [0.2, 0.25) is 0 Å². The topological polar surface area (TPSA) is 67.8 Å². The van der Waals surface area contributed by atoms with Gasteiger partial charge in [-0.25, -0.2) is 9.18 Å². The average Bonchev–Trinajstić information content (AvgIpc) is 2.42. The fourth-order valence-electron chi connectivity index (χ4n) is 1.78. The summed E-state index contributed by atoms with van der Waals surface area (Å²) >= 11 is 3.21. The third-order valence-electron chi connectivity index (χ3n) is 2.72. The van der Waals surface area contributed by atoms with Gasteiger partial charge in [-0.2, -0.15) is 0 Å². The van der Waals surface area contributed by atoms with Crippen molar-refractivity contribution in [1.29, 1.82) is 0 Å². The smallest absolute Gasteiger partial charge is 0.412 e. The largest absolute Gasteiger partial charge is 0.504 e. The molecule has 0 aliphatic heterocycles. The second-order valence-corrected chi connectivity index (χ2v) is 6.90. The molecule has 5 nitrogen and oxygen atoms in total. The molecule has 0 saturated heterocycles. The third kappa shape index (κ3) is 5.13. The Balaban J connectivity index is 2.11. The summed E-state index contributed by atoms with van der Waals surface area (Å²) in [4.78, 5) is 11.7. The van der Waals surface area contributed by atoms with Gasteiger partial charge < -0.3 is 14.6 Å². The molecule has 1 amide bonds. The maximum atomic E-state index is 14.1. The first-order valence-corrected chi connectivity index (χ1v) is 7.89. The van der Waals surface area contributed by atoms with Gasteiger partial charge in [-0.3, -0.25) is 5.32 Å². The monoisotopic (exact) mass is 397 g/mol. The van der Waals surface area contributed by atoms with Gasteiger partial charge in [0.2, 0.25) is 0 Å². The predicted octanol–water partition coefficient (Wildman–Crippen LogP) is 5.43. The molecule has 2 N–H and O–H groups in total. The summed E-state index contributed by atoms with van der Waals surface area (Å²) in [6.45, 7) is 5.19. The van der Waals surface area contributed by atoms with E-state index in [1.165, 1.54) is 24.3 Å². The molecule has 0 radical (unpaired) electrons. The number of carbonyl (C=O) groups excluding carboxylic acids is 1. The van der Waals surface area contributed by atoms with E-state index in [4.69, 9.17) is 9.47 Å². The Morgan fingerprint density at radius 2 is 1.83 bits per heavy atom. The van der Waals surface area contributed by atoms with E-state index in [0.29, 0.717) is 4.47 Å². The molecule has 0 atom stereocenters. The van der Waals surface area contributed by atoms with E-state index < -0.39 is 17.5 Å². The number of phenols is 1. The van der Waals surface area contributed by atoms with E-state index in [0.717, 1.165) is 6.07 Å². The quantitative estimate of drug-likeness (QED) is 0.723. The Morgan fingerprint density at radius 1 is 1.17 bits per heavy atom. The fourth-order valence-corrected chi connectivity index (χ4v) is 2.13. The standard InChI is InChI=1S/C17H17BrFNO4/c1-17(2,3)24-16(22)20-11-5-7-14(12(19)9-11)23-15-6-4-10(18)8-13(15)21/h4-9,21H,1-3H3,(H,20,22). The first-order valence-electron chi connectivity index (χ1n) is 7.10. The van der Waals surface area contributed by atoms with Crippen LogP contribution in [0.25, 0.3) is 0 Å².